The molecule has 0 spiro atoms. The number of nitrogens with one attached hydrogen (secondary N) is 1. The van der Waals surface area contributed by atoms with E-state index >= 15 is 0 Å². The summed E-state index contributed by atoms with van der Waals surface area (Å²) in [6.07, 6.45) is -1.88. The summed E-state index contributed by atoms with van der Waals surface area (Å²) < 4.78 is 53.6. The monoisotopic (exact) mass is 525 g/mol. The second kappa shape index (κ2) is 11.6. The Morgan fingerprint density at radius 3 is 2.24 bits per heavy atom. The van der Waals surface area contributed by atoms with Crippen molar-refractivity contribution in [3.05, 3.63) is 95.0 Å². The van der Waals surface area contributed by atoms with Crippen molar-refractivity contribution in [1.29, 1.82) is 0 Å². The zero-order chi connectivity index (χ0) is 28.0. The number of aryl methyl sites for hydroxylation is 3. The van der Waals surface area contributed by atoms with Gasteiger partial charge in [0.15, 0.2) is 0 Å². The molecule has 1 aromatic carbocycles. The van der Waals surface area contributed by atoms with Crippen LogP contribution in [0.15, 0.2) is 60.9 Å². The third kappa shape index (κ3) is 6.75. The maximum Gasteiger partial charge on any atom is 0.433 e. The van der Waals surface area contributed by atoms with Gasteiger partial charge in [0.05, 0.1) is 11.4 Å². The molecule has 0 bridgehead atoms. The lowest BCUT2D eigenvalue weighted by atomic mass is 9.97. The number of hydrogen-bond acceptors (Lipinski definition) is 5. The van der Waals surface area contributed by atoms with Crippen molar-refractivity contribution in [2.75, 3.05) is 5.32 Å². The first-order valence-electron chi connectivity index (χ1n) is 11.1. The van der Waals surface area contributed by atoms with Crippen molar-refractivity contribution >= 4 is 18.0 Å². The van der Waals surface area contributed by atoms with Gasteiger partial charge in [-0.25, -0.2) is 4.39 Å². The smallest absolute Gasteiger partial charge is 0.372 e. The number of primary amides is 1. The number of benzene rings is 1. The number of hydrogen-bond donors (Lipinski definition) is 2. The van der Waals surface area contributed by atoms with Crippen molar-refractivity contribution in [2.45, 2.75) is 26.9 Å². The zero-order valence-electron chi connectivity index (χ0n) is 20.6. The van der Waals surface area contributed by atoms with Crippen molar-refractivity contribution in [1.82, 2.24) is 15.0 Å². The van der Waals surface area contributed by atoms with Crippen LogP contribution < -0.4 is 11.1 Å². The van der Waals surface area contributed by atoms with E-state index in [-0.39, 0.29) is 17.7 Å². The number of rotatable bonds is 4. The molecule has 0 radical (unpaired) electrons. The van der Waals surface area contributed by atoms with Crippen LogP contribution in [0.1, 0.15) is 33.0 Å². The molecule has 0 unspecified atom stereocenters. The van der Waals surface area contributed by atoms with Gasteiger partial charge in [0.1, 0.15) is 11.5 Å². The van der Waals surface area contributed by atoms with Crippen LogP contribution in [0, 0.1) is 26.6 Å². The summed E-state index contributed by atoms with van der Waals surface area (Å²) in [5.41, 5.74) is 7.67. The second-order valence-corrected chi connectivity index (χ2v) is 8.23. The normalized spacial score (nSPS) is 10.8. The van der Waals surface area contributed by atoms with E-state index in [4.69, 9.17) is 4.79 Å². The lowest BCUT2D eigenvalue weighted by Crippen LogP contribution is -2.16. The molecule has 3 heterocycles. The molecule has 4 rings (SSSR count). The lowest BCUT2D eigenvalue weighted by molar-refractivity contribution is -0.141. The summed E-state index contributed by atoms with van der Waals surface area (Å²) in [5, 5.41) is 2.38. The number of pyridine rings is 3. The number of carbonyl (C=O) groups excluding carboxylic acids is 2. The molecule has 0 aliphatic heterocycles. The Bertz CT molecular complexity index is 1490. The summed E-state index contributed by atoms with van der Waals surface area (Å²) in [6.45, 7) is 5.44. The van der Waals surface area contributed by atoms with Gasteiger partial charge in [-0.3, -0.25) is 24.5 Å². The van der Waals surface area contributed by atoms with E-state index in [1.807, 2.05) is 38.1 Å². The summed E-state index contributed by atoms with van der Waals surface area (Å²) >= 11 is 0. The Hall–Kier alpha value is -4.67. The molecule has 0 saturated heterocycles. The fraction of sp³-hybridized carbons (Fsp3) is 0.148. The summed E-state index contributed by atoms with van der Waals surface area (Å²) in [7, 11) is 0. The van der Waals surface area contributed by atoms with E-state index < -0.39 is 23.6 Å². The van der Waals surface area contributed by atoms with E-state index in [1.54, 1.807) is 13.1 Å². The average molecular weight is 526 g/mol. The fourth-order valence-corrected chi connectivity index (χ4v) is 3.68. The summed E-state index contributed by atoms with van der Waals surface area (Å²) in [5.74, 6) is -1.59. The SMILES string of the molecule is Cc1cc(-c2cc(-c3cc(NC(=O)c4ccnc(C(F)(F)F)c4)c(F)cc3C)cc(C)n2)ccn1.NC=O. The molecule has 0 aliphatic rings. The average Bonchev–Trinajstić information content (AvgIpc) is 2.85. The highest BCUT2D eigenvalue weighted by Crippen LogP contribution is 2.32. The Kier molecular flexibility index (Phi) is 8.51. The van der Waals surface area contributed by atoms with E-state index in [1.165, 1.54) is 12.1 Å². The molecule has 0 atom stereocenters. The minimum absolute atomic E-state index is 0.156. The largest absolute Gasteiger partial charge is 0.433 e. The van der Waals surface area contributed by atoms with Gasteiger partial charge in [0.25, 0.3) is 5.91 Å². The van der Waals surface area contributed by atoms with Gasteiger partial charge >= 0.3 is 6.18 Å². The van der Waals surface area contributed by atoms with Gasteiger partial charge < -0.3 is 11.1 Å². The van der Waals surface area contributed by atoms with Gasteiger partial charge in [-0.2, -0.15) is 13.2 Å². The molecule has 3 N–H and O–H groups in total. The maximum absolute atomic E-state index is 14.7. The lowest BCUT2D eigenvalue weighted by Gasteiger charge is -2.14. The number of halogens is 4. The number of aromatic nitrogens is 3. The highest BCUT2D eigenvalue weighted by atomic mass is 19.4. The third-order valence-corrected chi connectivity index (χ3v) is 5.33. The predicted molar refractivity (Wildman–Crippen MR) is 135 cm³/mol. The van der Waals surface area contributed by atoms with Gasteiger partial charge in [-0.05, 0) is 86.0 Å². The molecule has 0 aliphatic carbocycles. The standard InChI is InChI=1S/C26H20F4N4O.CH3NO/c1-14-8-21(27)23(34-25(35)18-5-7-32-24(12-18)26(28,29)30)13-20(14)19-10-16(3)33-22(11-19)17-4-6-31-15(2)9-17;2-1-3/h4-13H,1-3H3,(H,34,35);1H,(H2,2,3). The first kappa shape index (κ1) is 27.9. The molecule has 2 amide bonds. The number of alkyl halides is 3. The van der Waals surface area contributed by atoms with Crippen molar-refractivity contribution in [3.8, 4) is 22.4 Å². The van der Waals surface area contributed by atoms with Crippen molar-refractivity contribution in [3.63, 3.8) is 0 Å². The van der Waals surface area contributed by atoms with Crippen LogP contribution in [-0.4, -0.2) is 27.3 Å². The van der Waals surface area contributed by atoms with Crippen LogP contribution in [0.3, 0.4) is 0 Å². The first-order chi connectivity index (χ1) is 17.9. The van der Waals surface area contributed by atoms with Crippen LogP contribution in [0.25, 0.3) is 22.4 Å². The number of nitrogens with two attached hydrogens (primary N) is 1. The van der Waals surface area contributed by atoms with Crippen LogP contribution >= 0.6 is 0 Å². The maximum atomic E-state index is 14.7. The first-order valence-corrected chi connectivity index (χ1v) is 11.1. The van der Waals surface area contributed by atoms with E-state index in [2.05, 4.69) is 26.0 Å². The number of amides is 2. The molecule has 0 fully saturated rings. The van der Waals surface area contributed by atoms with Crippen molar-refractivity contribution in [2.24, 2.45) is 5.73 Å². The van der Waals surface area contributed by atoms with Crippen molar-refractivity contribution < 1.29 is 27.2 Å². The van der Waals surface area contributed by atoms with E-state index in [9.17, 15) is 22.4 Å². The van der Waals surface area contributed by atoms with Gasteiger partial charge in [0, 0.05) is 34.9 Å². The Labute approximate surface area is 215 Å². The molecule has 3 aromatic heterocycles. The minimum atomic E-state index is -4.71. The minimum Gasteiger partial charge on any atom is -0.372 e. The molecule has 11 heteroatoms. The number of nitrogens with zero attached hydrogens (tertiary/aromatic N) is 3. The molecule has 196 valence electrons. The third-order valence-electron chi connectivity index (χ3n) is 5.33. The van der Waals surface area contributed by atoms with Gasteiger partial charge in [-0.1, -0.05) is 0 Å². The molecule has 4 aromatic rings. The summed E-state index contributed by atoms with van der Waals surface area (Å²) in [6, 6.07) is 11.9. The topological polar surface area (TPSA) is 111 Å². The predicted octanol–water partition coefficient (Wildman–Crippen LogP) is 5.64. The highest BCUT2D eigenvalue weighted by molar-refractivity contribution is 6.04. The van der Waals surface area contributed by atoms with Crippen LogP contribution in [0.4, 0.5) is 23.2 Å². The molecule has 0 saturated carbocycles. The van der Waals surface area contributed by atoms with Crippen LogP contribution in [0.2, 0.25) is 0 Å². The molecular weight excluding hydrogens is 502 g/mol. The second-order valence-electron chi connectivity index (χ2n) is 8.23. The number of carbonyl (C=O) groups is 2. The zero-order valence-corrected chi connectivity index (χ0v) is 20.6. The summed E-state index contributed by atoms with van der Waals surface area (Å²) in [4.78, 5) is 33.2. The highest BCUT2D eigenvalue weighted by Gasteiger charge is 2.33. The molecule has 38 heavy (non-hydrogen) atoms. The Morgan fingerprint density at radius 2 is 1.58 bits per heavy atom. The van der Waals surface area contributed by atoms with E-state index in [0.717, 1.165) is 34.8 Å². The Balaban J connectivity index is 0.00000127. The van der Waals surface area contributed by atoms with Gasteiger partial charge in [-0.15, -0.1) is 0 Å². The van der Waals surface area contributed by atoms with Crippen LogP contribution in [-0.2, 0) is 11.0 Å². The quantitative estimate of drug-likeness (QED) is 0.265. The number of anilines is 1. The van der Waals surface area contributed by atoms with Gasteiger partial charge in [0.2, 0.25) is 6.41 Å². The molecular formula is C27H23F4N5O2. The van der Waals surface area contributed by atoms with Crippen LogP contribution in [0.5, 0.6) is 0 Å². The Morgan fingerprint density at radius 1 is 0.921 bits per heavy atom. The van der Waals surface area contributed by atoms with E-state index in [0.29, 0.717) is 22.9 Å². The fourth-order valence-electron chi connectivity index (χ4n) is 3.68. The molecule has 7 nitrogen and oxygen atoms in total.